The van der Waals surface area contributed by atoms with Crippen molar-refractivity contribution in [1.82, 2.24) is 9.80 Å². The van der Waals surface area contributed by atoms with Gasteiger partial charge in [0.1, 0.15) is 0 Å². The molecule has 3 rings (SSSR count). The predicted molar refractivity (Wildman–Crippen MR) is 123 cm³/mol. The number of hydrogen-bond donors (Lipinski definition) is 1. The molecule has 2 aromatic carbocycles. The van der Waals surface area contributed by atoms with E-state index in [0.717, 1.165) is 0 Å². The van der Waals surface area contributed by atoms with Crippen molar-refractivity contribution in [2.45, 2.75) is 13.0 Å². The van der Waals surface area contributed by atoms with Gasteiger partial charge < -0.3 is 19.7 Å². The highest BCUT2D eigenvalue weighted by Crippen LogP contribution is 2.29. The molecule has 1 aliphatic heterocycles. The van der Waals surface area contributed by atoms with Crippen molar-refractivity contribution in [3.05, 3.63) is 57.1 Å². The third kappa shape index (κ3) is 5.52. The van der Waals surface area contributed by atoms with Crippen LogP contribution in [0.15, 0.2) is 36.4 Å². The van der Waals surface area contributed by atoms with Gasteiger partial charge in [-0.05, 0) is 31.2 Å². The molecule has 0 bridgehead atoms. The first-order valence-electron chi connectivity index (χ1n) is 10.2. The van der Waals surface area contributed by atoms with Crippen LogP contribution in [0.25, 0.3) is 0 Å². The quantitative estimate of drug-likeness (QED) is 0.482. The van der Waals surface area contributed by atoms with E-state index in [4.69, 9.17) is 21.1 Å². The average molecular weight is 477 g/mol. The number of methoxy groups -OCH3 is 2. The number of anilines is 1. The van der Waals surface area contributed by atoms with E-state index in [1.165, 1.54) is 32.4 Å². The van der Waals surface area contributed by atoms with Crippen molar-refractivity contribution < 1.29 is 24.0 Å². The van der Waals surface area contributed by atoms with Crippen LogP contribution in [0.1, 0.15) is 17.3 Å². The summed E-state index contributed by atoms with van der Waals surface area (Å²) < 4.78 is 10.5. The smallest absolute Gasteiger partial charge is 0.271 e. The molecule has 1 fully saturated rings. The molecule has 176 valence electrons. The number of amides is 2. The standard InChI is InChI=1S/C22H25ClN4O6/c1-14(21(28)24-18-13-16(27(30)31)5-6-17(18)23)25-8-10-26(11-9-25)22(29)15-4-7-19(32-2)20(12-15)33-3/h4-7,12-14H,8-11H2,1-3H3,(H,24,28). The molecule has 0 spiro atoms. The molecule has 1 heterocycles. The molecule has 11 heteroatoms. The van der Waals surface area contributed by atoms with E-state index < -0.39 is 11.0 Å². The Morgan fingerprint density at radius 3 is 2.33 bits per heavy atom. The summed E-state index contributed by atoms with van der Waals surface area (Å²) in [5, 5.41) is 13.9. The third-order valence-corrected chi connectivity index (χ3v) is 5.91. The van der Waals surface area contributed by atoms with E-state index in [1.807, 2.05) is 4.90 Å². The lowest BCUT2D eigenvalue weighted by Crippen LogP contribution is -2.54. The average Bonchev–Trinajstić information content (AvgIpc) is 2.83. The van der Waals surface area contributed by atoms with Crippen LogP contribution in [-0.4, -0.2) is 73.0 Å². The fraction of sp³-hybridized carbons (Fsp3) is 0.364. The Bertz CT molecular complexity index is 1060. The number of nitrogens with zero attached hydrogens (tertiary/aromatic N) is 3. The van der Waals surface area contributed by atoms with Crippen LogP contribution in [0.3, 0.4) is 0 Å². The van der Waals surface area contributed by atoms with E-state index in [0.29, 0.717) is 43.2 Å². The van der Waals surface area contributed by atoms with Crippen molar-refractivity contribution in [3.63, 3.8) is 0 Å². The van der Waals surface area contributed by atoms with Gasteiger partial charge in [0.2, 0.25) is 5.91 Å². The molecule has 0 aromatic heterocycles. The molecular weight excluding hydrogens is 452 g/mol. The summed E-state index contributed by atoms with van der Waals surface area (Å²) >= 11 is 6.08. The van der Waals surface area contributed by atoms with Crippen LogP contribution < -0.4 is 14.8 Å². The molecule has 1 atom stereocenters. The van der Waals surface area contributed by atoms with Crippen molar-refractivity contribution >= 4 is 34.8 Å². The number of carbonyl (C=O) groups excluding carboxylic acids is 2. The van der Waals surface area contributed by atoms with Crippen LogP contribution in [0.2, 0.25) is 5.02 Å². The molecule has 10 nitrogen and oxygen atoms in total. The van der Waals surface area contributed by atoms with Gasteiger partial charge in [-0.3, -0.25) is 24.6 Å². The monoisotopic (exact) mass is 476 g/mol. The van der Waals surface area contributed by atoms with Crippen LogP contribution in [0.4, 0.5) is 11.4 Å². The number of rotatable bonds is 7. The van der Waals surface area contributed by atoms with Gasteiger partial charge in [0, 0.05) is 43.9 Å². The number of halogens is 1. The van der Waals surface area contributed by atoms with Gasteiger partial charge in [0.25, 0.3) is 11.6 Å². The minimum Gasteiger partial charge on any atom is -0.493 e. The molecule has 0 aliphatic carbocycles. The number of ether oxygens (including phenoxy) is 2. The van der Waals surface area contributed by atoms with Crippen molar-refractivity contribution in [1.29, 1.82) is 0 Å². The number of carbonyl (C=O) groups is 2. The van der Waals surface area contributed by atoms with Gasteiger partial charge in [-0.15, -0.1) is 0 Å². The minimum absolute atomic E-state index is 0.129. The Morgan fingerprint density at radius 2 is 1.73 bits per heavy atom. The summed E-state index contributed by atoms with van der Waals surface area (Å²) in [5.74, 6) is 0.558. The number of hydrogen-bond acceptors (Lipinski definition) is 7. The van der Waals surface area contributed by atoms with E-state index in [-0.39, 0.29) is 28.2 Å². The normalized spacial score (nSPS) is 15.0. The highest BCUT2D eigenvalue weighted by atomic mass is 35.5. The summed E-state index contributed by atoms with van der Waals surface area (Å²) in [6, 6.07) is 8.38. The fourth-order valence-corrected chi connectivity index (χ4v) is 3.75. The molecule has 1 aliphatic rings. The van der Waals surface area contributed by atoms with Crippen LogP contribution in [0, 0.1) is 10.1 Å². The van der Waals surface area contributed by atoms with E-state index in [1.54, 1.807) is 30.0 Å². The maximum atomic E-state index is 12.9. The molecule has 0 saturated carbocycles. The number of piperazine rings is 1. The van der Waals surface area contributed by atoms with Gasteiger partial charge in [-0.1, -0.05) is 11.6 Å². The summed E-state index contributed by atoms with van der Waals surface area (Å²) in [5.41, 5.74) is 0.516. The third-order valence-electron chi connectivity index (χ3n) is 5.58. The van der Waals surface area contributed by atoms with Gasteiger partial charge in [0.05, 0.1) is 35.9 Å². The maximum absolute atomic E-state index is 12.9. The second-order valence-corrected chi connectivity index (χ2v) is 7.89. The lowest BCUT2D eigenvalue weighted by Gasteiger charge is -2.37. The van der Waals surface area contributed by atoms with Crippen molar-refractivity contribution in [3.8, 4) is 11.5 Å². The Balaban J connectivity index is 1.60. The largest absolute Gasteiger partial charge is 0.493 e. The zero-order chi connectivity index (χ0) is 24.1. The predicted octanol–water partition coefficient (Wildman–Crippen LogP) is 3.05. The zero-order valence-electron chi connectivity index (χ0n) is 18.5. The molecular formula is C22H25ClN4O6. The first kappa shape index (κ1) is 24.3. The van der Waals surface area contributed by atoms with Crippen molar-refractivity contribution in [2.75, 3.05) is 45.7 Å². The molecule has 1 saturated heterocycles. The summed E-state index contributed by atoms with van der Waals surface area (Å²) in [6.07, 6.45) is 0. The Hall–Kier alpha value is -3.37. The lowest BCUT2D eigenvalue weighted by atomic mass is 10.1. The van der Waals surface area contributed by atoms with E-state index in [9.17, 15) is 19.7 Å². The van der Waals surface area contributed by atoms with Gasteiger partial charge in [-0.2, -0.15) is 0 Å². The highest BCUT2D eigenvalue weighted by molar-refractivity contribution is 6.33. The minimum atomic E-state index is -0.552. The summed E-state index contributed by atoms with van der Waals surface area (Å²) in [7, 11) is 3.04. The highest BCUT2D eigenvalue weighted by Gasteiger charge is 2.29. The number of benzene rings is 2. The van der Waals surface area contributed by atoms with Crippen LogP contribution in [0.5, 0.6) is 11.5 Å². The summed E-state index contributed by atoms with van der Waals surface area (Å²) in [4.78, 5) is 39.7. The Kier molecular flexibility index (Phi) is 7.72. The second kappa shape index (κ2) is 10.5. The topological polar surface area (TPSA) is 114 Å². The number of nitro groups is 1. The maximum Gasteiger partial charge on any atom is 0.271 e. The molecule has 1 N–H and O–H groups in total. The molecule has 2 amide bonds. The molecule has 33 heavy (non-hydrogen) atoms. The van der Waals surface area contributed by atoms with Crippen LogP contribution >= 0.6 is 11.6 Å². The zero-order valence-corrected chi connectivity index (χ0v) is 19.3. The van der Waals surface area contributed by atoms with Crippen LogP contribution in [-0.2, 0) is 4.79 Å². The number of non-ortho nitro benzene ring substituents is 1. The molecule has 2 aromatic rings. The van der Waals surface area contributed by atoms with Crippen molar-refractivity contribution in [2.24, 2.45) is 0 Å². The van der Waals surface area contributed by atoms with Gasteiger partial charge >= 0.3 is 0 Å². The number of nitrogens with one attached hydrogen (secondary N) is 1. The number of nitro benzene ring substituents is 1. The fourth-order valence-electron chi connectivity index (χ4n) is 3.59. The molecule has 0 radical (unpaired) electrons. The Morgan fingerprint density at radius 1 is 1.06 bits per heavy atom. The SMILES string of the molecule is COc1ccc(C(=O)N2CCN(C(C)C(=O)Nc3cc([N+](=O)[O-])ccc3Cl)CC2)cc1OC. The van der Waals surface area contributed by atoms with E-state index in [2.05, 4.69) is 5.32 Å². The first-order valence-corrected chi connectivity index (χ1v) is 10.6. The van der Waals surface area contributed by atoms with Gasteiger partial charge in [0.15, 0.2) is 11.5 Å². The molecule has 1 unspecified atom stereocenters. The second-order valence-electron chi connectivity index (χ2n) is 7.48. The van der Waals surface area contributed by atoms with E-state index >= 15 is 0 Å². The Labute approximate surface area is 196 Å². The first-order chi connectivity index (χ1) is 15.7. The van der Waals surface area contributed by atoms with Gasteiger partial charge in [-0.25, -0.2) is 0 Å². The lowest BCUT2D eigenvalue weighted by molar-refractivity contribution is -0.384. The summed E-state index contributed by atoms with van der Waals surface area (Å²) in [6.45, 7) is 3.63.